The maximum absolute atomic E-state index is 13.0. The van der Waals surface area contributed by atoms with Gasteiger partial charge in [0.2, 0.25) is 5.89 Å². The number of oxazole rings is 1. The fraction of sp³-hybridized carbons (Fsp3) is 0.207. The molecule has 4 aromatic rings. The zero-order valence-electron chi connectivity index (χ0n) is 20.6. The Kier molecular flexibility index (Phi) is 8.20. The highest BCUT2D eigenvalue weighted by atomic mass is 16.5. The van der Waals surface area contributed by atoms with Crippen LogP contribution in [0, 0.1) is 6.92 Å². The number of nitrogen functional groups attached to an aromatic ring is 1. The van der Waals surface area contributed by atoms with Gasteiger partial charge in [-0.05, 0) is 60.9 Å². The molecule has 0 fully saturated rings. The van der Waals surface area contributed by atoms with E-state index in [0.717, 1.165) is 22.6 Å². The molecular formula is C29H29N3O5. The van der Waals surface area contributed by atoms with Crippen LogP contribution in [0.15, 0.2) is 77.2 Å². The van der Waals surface area contributed by atoms with Gasteiger partial charge >= 0.3 is 5.97 Å². The van der Waals surface area contributed by atoms with Crippen molar-refractivity contribution >= 4 is 17.6 Å². The lowest BCUT2D eigenvalue weighted by molar-refractivity contribution is -0.136. The van der Waals surface area contributed by atoms with E-state index >= 15 is 0 Å². The van der Waals surface area contributed by atoms with Crippen LogP contribution in [0.4, 0.5) is 5.69 Å². The third-order valence-electron chi connectivity index (χ3n) is 5.89. The molecule has 3 aromatic carbocycles. The molecule has 4 N–H and O–H groups in total. The third kappa shape index (κ3) is 6.98. The van der Waals surface area contributed by atoms with Crippen molar-refractivity contribution in [3.63, 3.8) is 0 Å². The highest BCUT2D eigenvalue weighted by Gasteiger charge is 2.15. The van der Waals surface area contributed by atoms with Gasteiger partial charge in [0.1, 0.15) is 11.5 Å². The number of nitrogens with one attached hydrogen (secondary N) is 1. The number of aliphatic carboxylic acids is 1. The lowest BCUT2D eigenvalue weighted by Gasteiger charge is -2.13. The maximum Gasteiger partial charge on any atom is 0.303 e. The number of carboxylic acid groups (broad SMARTS) is 1. The number of carbonyl (C=O) groups is 2. The fourth-order valence-corrected chi connectivity index (χ4v) is 3.86. The Labute approximate surface area is 215 Å². The summed E-state index contributed by atoms with van der Waals surface area (Å²) in [6.45, 7) is 2.52. The quantitative estimate of drug-likeness (QED) is 0.253. The maximum atomic E-state index is 13.0. The molecule has 0 aliphatic rings. The summed E-state index contributed by atoms with van der Waals surface area (Å²) in [5.41, 5.74) is 10.0. The van der Waals surface area contributed by atoms with E-state index in [9.17, 15) is 9.59 Å². The molecule has 0 aliphatic heterocycles. The molecular weight excluding hydrogens is 470 g/mol. The van der Waals surface area contributed by atoms with Crippen LogP contribution in [0.1, 0.15) is 39.4 Å². The van der Waals surface area contributed by atoms with E-state index in [-0.39, 0.29) is 18.7 Å². The van der Waals surface area contributed by atoms with E-state index in [2.05, 4.69) is 10.3 Å². The summed E-state index contributed by atoms with van der Waals surface area (Å²) >= 11 is 0. The van der Waals surface area contributed by atoms with E-state index in [1.807, 2.05) is 49.4 Å². The summed E-state index contributed by atoms with van der Waals surface area (Å²) in [6.07, 6.45) is 0.690. The number of nitrogens with zero attached hydrogens (tertiary/aromatic N) is 1. The standard InChI is InChI=1S/C29H29N3O5/c1-19-26(32-29(37-19)22-5-3-2-4-6-22)15-16-36-24-13-9-21(10-14-27(33)34)25(17-24)28(35)31-18-20-7-11-23(30)12-8-20/h2-9,11-13,17H,10,14-16,18,30H2,1H3,(H,31,35)(H,33,34). The van der Waals surface area contributed by atoms with E-state index in [1.165, 1.54) is 0 Å². The SMILES string of the molecule is Cc1oc(-c2ccccc2)nc1CCOc1ccc(CCC(=O)O)c(C(=O)NCc2ccc(N)cc2)c1. The molecule has 0 radical (unpaired) electrons. The molecule has 0 spiro atoms. The van der Waals surface area contributed by atoms with Gasteiger partial charge in [-0.1, -0.05) is 36.4 Å². The monoisotopic (exact) mass is 499 g/mol. The second kappa shape index (κ2) is 11.9. The first kappa shape index (κ1) is 25.5. The number of amides is 1. The van der Waals surface area contributed by atoms with E-state index in [0.29, 0.717) is 48.0 Å². The highest BCUT2D eigenvalue weighted by molar-refractivity contribution is 5.96. The van der Waals surface area contributed by atoms with Crippen molar-refractivity contribution in [2.24, 2.45) is 0 Å². The van der Waals surface area contributed by atoms with Gasteiger partial charge in [-0.25, -0.2) is 4.98 Å². The van der Waals surface area contributed by atoms with Crippen LogP contribution in [0.2, 0.25) is 0 Å². The molecule has 190 valence electrons. The lowest BCUT2D eigenvalue weighted by Crippen LogP contribution is -2.24. The number of nitrogens with two attached hydrogens (primary N) is 1. The molecule has 0 saturated heterocycles. The van der Waals surface area contributed by atoms with Gasteiger partial charge < -0.3 is 25.3 Å². The molecule has 8 heteroatoms. The summed E-state index contributed by atoms with van der Waals surface area (Å²) in [4.78, 5) is 28.7. The minimum absolute atomic E-state index is 0.0758. The van der Waals surface area contributed by atoms with Gasteiger partial charge in [0, 0.05) is 36.2 Å². The Bertz CT molecular complexity index is 1360. The highest BCUT2D eigenvalue weighted by Crippen LogP contribution is 2.23. The number of rotatable bonds is 11. The van der Waals surface area contributed by atoms with Crippen molar-refractivity contribution < 1.29 is 23.8 Å². The first-order chi connectivity index (χ1) is 17.9. The van der Waals surface area contributed by atoms with E-state index < -0.39 is 5.97 Å². The van der Waals surface area contributed by atoms with Crippen LogP contribution in [0.3, 0.4) is 0 Å². The molecule has 4 rings (SSSR count). The Morgan fingerprint density at radius 1 is 1.03 bits per heavy atom. The fourth-order valence-electron chi connectivity index (χ4n) is 3.86. The zero-order chi connectivity index (χ0) is 26.2. The van der Waals surface area contributed by atoms with E-state index in [1.54, 1.807) is 30.3 Å². The molecule has 1 heterocycles. The van der Waals surface area contributed by atoms with Crippen LogP contribution in [-0.4, -0.2) is 28.6 Å². The molecule has 1 amide bonds. The molecule has 8 nitrogen and oxygen atoms in total. The molecule has 1 aromatic heterocycles. The van der Waals surface area contributed by atoms with Crippen molar-refractivity contribution in [1.29, 1.82) is 0 Å². The van der Waals surface area contributed by atoms with Crippen molar-refractivity contribution in [3.8, 4) is 17.2 Å². The minimum Gasteiger partial charge on any atom is -0.493 e. The number of hydrogen-bond acceptors (Lipinski definition) is 6. The van der Waals surface area contributed by atoms with Crippen LogP contribution in [0.5, 0.6) is 5.75 Å². The Morgan fingerprint density at radius 3 is 2.51 bits per heavy atom. The number of hydrogen-bond donors (Lipinski definition) is 3. The number of carbonyl (C=O) groups excluding carboxylic acids is 1. The minimum atomic E-state index is -0.925. The smallest absolute Gasteiger partial charge is 0.303 e. The van der Waals surface area contributed by atoms with Gasteiger partial charge in [-0.2, -0.15) is 0 Å². The first-order valence-corrected chi connectivity index (χ1v) is 12.0. The van der Waals surface area contributed by atoms with Crippen molar-refractivity contribution in [2.75, 3.05) is 12.3 Å². The normalized spacial score (nSPS) is 10.7. The zero-order valence-corrected chi connectivity index (χ0v) is 20.6. The second-order valence-corrected chi connectivity index (χ2v) is 8.62. The van der Waals surface area contributed by atoms with Gasteiger partial charge in [0.05, 0.1) is 12.3 Å². The Balaban J connectivity index is 1.43. The van der Waals surface area contributed by atoms with Crippen LogP contribution >= 0.6 is 0 Å². The summed E-state index contributed by atoms with van der Waals surface area (Å²) in [7, 11) is 0. The molecule has 37 heavy (non-hydrogen) atoms. The average Bonchev–Trinajstić information content (AvgIpc) is 3.28. The predicted molar refractivity (Wildman–Crippen MR) is 140 cm³/mol. The van der Waals surface area contributed by atoms with Crippen molar-refractivity contribution in [3.05, 3.63) is 101 Å². The lowest BCUT2D eigenvalue weighted by atomic mass is 10.0. The summed E-state index contributed by atoms with van der Waals surface area (Å²) in [6, 6.07) is 22.1. The third-order valence-corrected chi connectivity index (χ3v) is 5.89. The molecule has 0 aliphatic carbocycles. The van der Waals surface area contributed by atoms with E-state index in [4.69, 9.17) is 20.0 Å². The van der Waals surface area contributed by atoms with Gasteiger partial charge in [0.15, 0.2) is 0 Å². The number of aryl methyl sites for hydroxylation is 2. The number of anilines is 1. The number of benzene rings is 3. The largest absolute Gasteiger partial charge is 0.493 e. The predicted octanol–water partition coefficient (Wildman–Crippen LogP) is 4.80. The van der Waals surface area contributed by atoms with Gasteiger partial charge in [0.25, 0.3) is 5.91 Å². The molecule has 0 unspecified atom stereocenters. The summed E-state index contributed by atoms with van der Waals surface area (Å²) < 4.78 is 11.7. The molecule has 0 saturated carbocycles. The topological polar surface area (TPSA) is 128 Å². The summed E-state index contributed by atoms with van der Waals surface area (Å²) in [5.74, 6) is 0.584. The van der Waals surface area contributed by atoms with Gasteiger partial charge in [-0.15, -0.1) is 0 Å². The molecule has 0 atom stereocenters. The number of carboxylic acids is 1. The molecule has 0 bridgehead atoms. The van der Waals surface area contributed by atoms with Crippen molar-refractivity contribution in [2.45, 2.75) is 32.7 Å². The van der Waals surface area contributed by atoms with Crippen LogP contribution in [0.25, 0.3) is 11.5 Å². The Hall–Kier alpha value is -4.59. The average molecular weight is 500 g/mol. The first-order valence-electron chi connectivity index (χ1n) is 12.0. The number of aromatic nitrogens is 1. The van der Waals surface area contributed by atoms with Crippen molar-refractivity contribution in [1.82, 2.24) is 10.3 Å². The summed E-state index contributed by atoms with van der Waals surface area (Å²) in [5, 5.41) is 12.0. The Morgan fingerprint density at radius 2 is 1.78 bits per heavy atom. The van der Waals surface area contributed by atoms with Crippen LogP contribution in [-0.2, 0) is 24.2 Å². The number of ether oxygens (including phenoxy) is 1. The van der Waals surface area contributed by atoms with Gasteiger partial charge in [-0.3, -0.25) is 9.59 Å². The second-order valence-electron chi connectivity index (χ2n) is 8.62. The van der Waals surface area contributed by atoms with Crippen LogP contribution < -0.4 is 15.8 Å².